The molecule has 0 radical (unpaired) electrons. The largest absolute Gasteiger partial charge is 0.472 e. The van der Waals surface area contributed by atoms with Gasteiger partial charge in [0, 0.05) is 6.61 Å². The minimum Gasteiger partial charge on any atom is -0.379 e. The van der Waals surface area contributed by atoms with Crippen molar-refractivity contribution in [2.75, 3.05) is 53.1 Å². The van der Waals surface area contributed by atoms with Gasteiger partial charge in [0.1, 0.15) is 13.2 Å². The van der Waals surface area contributed by atoms with Crippen LogP contribution in [0, 0.1) is 0 Å². The van der Waals surface area contributed by atoms with Crippen LogP contribution in [0.2, 0.25) is 0 Å². The second kappa shape index (κ2) is 18.5. The van der Waals surface area contributed by atoms with E-state index < -0.39 is 7.82 Å². The second-order valence-corrected chi connectivity index (χ2v) is 10.9. The highest BCUT2D eigenvalue weighted by Gasteiger charge is 2.27. The van der Waals surface area contributed by atoms with Crippen molar-refractivity contribution in [2.45, 2.75) is 103 Å². The fraction of sp³-hybridized carbons (Fsp3) is 1.00. The molecule has 1 unspecified atom stereocenters. The summed E-state index contributed by atoms with van der Waals surface area (Å²) in [6, 6.07) is 0. The van der Waals surface area contributed by atoms with Crippen LogP contribution in [0.3, 0.4) is 0 Å². The van der Waals surface area contributed by atoms with Gasteiger partial charge >= 0.3 is 7.82 Å². The molecule has 0 aliphatic carbocycles. The van der Waals surface area contributed by atoms with Gasteiger partial charge in [0.2, 0.25) is 0 Å². The third-order valence-electron chi connectivity index (χ3n) is 6.41. The topological polar surface area (TPSA) is 65.0 Å². The van der Waals surface area contributed by atoms with E-state index in [1.807, 2.05) is 0 Å². The summed E-state index contributed by atoms with van der Waals surface area (Å²) in [6.07, 6.45) is 19.6. The van der Waals surface area contributed by atoms with Crippen LogP contribution in [-0.2, 0) is 18.3 Å². The molecule has 0 bridgehead atoms. The standard InChI is InChI=1S/C24H50NO5P/c1-3-4-5-6-7-8-9-10-11-12-13-17-21-28-23-24-30-31(26,27)29-22-20-25(2)18-15-14-16-19-25/h3-24H2,1-2H3/p+1. The van der Waals surface area contributed by atoms with E-state index in [1.165, 1.54) is 89.9 Å². The number of ether oxygens (including phenoxy) is 1. The zero-order valence-electron chi connectivity index (χ0n) is 20.5. The molecule has 6 nitrogen and oxygen atoms in total. The number of phosphoric acid groups is 1. The van der Waals surface area contributed by atoms with E-state index in [9.17, 15) is 9.46 Å². The molecule has 1 rings (SSSR count). The summed E-state index contributed by atoms with van der Waals surface area (Å²) in [5.41, 5.74) is 0. The summed E-state index contributed by atoms with van der Waals surface area (Å²) in [4.78, 5) is 9.79. The predicted molar refractivity (Wildman–Crippen MR) is 128 cm³/mol. The van der Waals surface area contributed by atoms with Crippen LogP contribution >= 0.6 is 7.82 Å². The molecule has 0 aromatic carbocycles. The van der Waals surface area contributed by atoms with Crippen molar-refractivity contribution < 1.29 is 27.7 Å². The molecule has 1 saturated heterocycles. The van der Waals surface area contributed by atoms with Crippen molar-refractivity contribution in [2.24, 2.45) is 0 Å². The number of unbranched alkanes of at least 4 members (excludes halogenated alkanes) is 11. The summed E-state index contributed by atoms with van der Waals surface area (Å²) >= 11 is 0. The van der Waals surface area contributed by atoms with Crippen molar-refractivity contribution in [1.29, 1.82) is 0 Å². The number of piperidine rings is 1. The molecular formula is C24H51NO5P+. The summed E-state index contributed by atoms with van der Waals surface area (Å²) in [5.74, 6) is 0. The molecule has 1 fully saturated rings. The average Bonchev–Trinajstić information content (AvgIpc) is 2.73. The lowest BCUT2D eigenvalue weighted by atomic mass is 10.1. The third-order valence-corrected chi connectivity index (χ3v) is 7.42. The molecule has 0 amide bonds. The monoisotopic (exact) mass is 464 g/mol. The van der Waals surface area contributed by atoms with Crippen LogP contribution in [0.4, 0.5) is 0 Å². The van der Waals surface area contributed by atoms with Gasteiger partial charge in [-0.2, -0.15) is 0 Å². The molecule has 186 valence electrons. The maximum absolute atomic E-state index is 12.0. The fourth-order valence-electron chi connectivity index (χ4n) is 4.27. The van der Waals surface area contributed by atoms with Gasteiger partial charge in [-0.05, 0) is 25.7 Å². The molecule has 1 heterocycles. The van der Waals surface area contributed by atoms with E-state index >= 15 is 0 Å². The highest BCUT2D eigenvalue weighted by molar-refractivity contribution is 7.47. The van der Waals surface area contributed by atoms with Gasteiger partial charge in [0.05, 0.1) is 33.4 Å². The highest BCUT2D eigenvalue weighted by Crippen LogP contribution is 2.42. The van der Waals surface area contributed by atoms with Crippen LogP contribution in [0.25, 0.3) is 0 Å². The Morgan fingerprint density at radius 2 is 1.23 bits per heavy atom. The molecule has 0 aromatic rings. The van der Waals surface area contributed by atoms with E-state index in [0.717, 1.165) is 30.5 Å². The van der Waals surface area contributed by atoms with Crippen LogP contribution in [0.15, 0.2) is 0 Å². The van der Waals surface area contributed by atoms with Gasteiger partial charge < -0.3 is 14.1 Å². The molecule has 1 aliphatic rings. The van der Waals surface area contributed by atoms with Gasteiger partial charge in [0.25, 0.3) is 0 Å². The van der Waals surface area contributed by atoms with Crippen LogP contribution in [0.5, 0.6) is 0 Å². The number of nitrogens with zero attached hydrogens (tertiary/aromatic N) is 1. The first-order valence-corrected chi connectivity index (χ1v) is 14.5. The van der Waals surface area contributed by atoms with E-state index in [1.54, 1.807) is 0 Å². The van der Waals surface area contributed by atoms with Crippen LogP contribution in [0.1, 0.15) is 103 Å². The Labute approximate surface area is 192 Å². The zero-order valence-corrected chi connectivity index (χ0v) is 21.4. The van der Waals surface area contributed by atoms with Gasteiger partial charge in [-0.25, -0.2) is 4.57 Å². The van der Waals surface area contributed by atoms with Crippen molar-refractivity contribution in [3.05, 3.63) is 0 Å². The Balaban J connectivity index is 1.84. The first-order valence-electron chi connectivity index (χ1n) is 13.0. The van der Waals surface area contributed by atoms with Crippen molar-refractivity contribution >= 4 is 7.82 Å². The molecule has 0 aromatic heterocycles. The maximum atomic E-state index is 12.0. The molecule has 1 aliphatic heterocycles. The van der Waals surface area contributed by atoms with E-state index in [2.05, 4.69) is 14.0 Å². The van der Waals surface area contributed by atoms with Gasteiger partial charge in [-0.1, -0.05) is 77.6 Å². The first kappa shape index (κ1) is 29.1. The molecule has 7 heteroatoms. The predicted octanol–water partition coefficient (Wildman–Crippen LogP) is 6.47. The van der Waals surface area contributed by atoms with Crippen molar-refractivity contribution in [3.8, 4) is 0 Å². The number of hydrogen-bond acceptors (Lipinski definition) is 4. The van der Waals surface area contributed by atoms with Crippen LogP contribution in [-0.4, -0.2) is 62.5 Å². The minimum atomic E-state index is -3.97. The summed E-state index contributed by atoms with van der Waals surface area (Å²) < 4.78 is 28.6. The molecule has 1 N–H and O–H groups in total. The lowest BCUT2D eigenvalue weighted by Crippen LogP contribution is -2.49. The number of rotatable bonds is 21. The molecule has 1 atom stereocenters. The number of likely N-dealkylation sites (tertiary alicyclic amines) is 1. The molecular weight excluding hydrogens is 413 g/mol. The maximum Gasteiger partial charge on any atom is 0.472 e. The fourth-order valence-corrected chi connectivity index (χ4v) is 4.96. The van der Waals surface area contributed by atoms with Gasteiger partial charge in [-0.3, -0.25) is 9.05 Å². The van der Waals surface area contributed by atoms with E-state index in [-0.39, 0.29) is 13.2 Å². The molecule has 31 heavy (non-hydrogen) atoms. The quantitative estimate of drug-likeness (QED) is 0.120. The SMILES string of the molecule is CCCCCCCCCCCCCCOCCOP(=O)(O)OCC[N+]1(C)CCCCC1. The van der Waals surface area contributed by atoms with Crippen molar-refractivity contribution in [1.82, 2.24) is 0 Å². The lowest BCUT2D eigenvalue weighted by Gasteiger charge is -2.37. The number of quaternary nitrogens is 1. The number of likely N-dealkylation sites (N-methyl/N-ethyl adjacent to an activating group) is 1. The molecule has 0 saturated carbocycles. The van der Waals surface area contributed by atoms with E-state index in [4.69, 9.17) is 13.8 Å². The Hall–Kier alpha value is 0.0300. The summed E-state index contributed by atoms with van der Waals surface area (Å²) in [5, 5.41) is 0. The Morgan fingerprint density at radius 1 is 0.710 bits per heavy atom. The number of hydrogen-bond donors (Lipinski definition) is 1. The average molecular weight is 465 g/mol. The Kier molecular flexibility index (Phi) is 17.3. The highest BCUT2D eigenvalue weighted by atomic mass is 31.2. The normalized spacial score (nSPS) is 18.2. The molecule has 0 spiro atoms. The Bertz CT molecular complexity index is 457. The smallest absolute Gasteiger partial charge is 0.379 e. The van der Waals surface area contributed by atoms with Gasteiger partial charge in [-0.15, -0.1) is 0 Å². The van der Waals surface area contributed by atoms with Crippen molar-refractivity contribution in [3.63, 3.8) is 0 Å². The van der Waals surface area contributed by atoms with Gasteiger partial charge in [0.15, 0.2) is 0 Å². The Morgan fingerprint density at radius 3 is 1.81 bits per heavy atom. The van der Waals surface area contributed by atoms with E-state index in [0.29, 0.717) is 13.2 Å². The lowest BCUT2D eigenvalue weighted by molar-refractivity contribution is -0.914. The summed E-state index contributed by atoms with van der Waals surface area (Å²) in [6.45, 7) is 6.62. The summed E-state index contributed by atoms with van der Waals surface area (Å²) in [7, 11) is -1.78. The first-order chi connectivity index (χ1) is 15.0. The zero-order chi connectivity index (χ0) is 22.7. The third kappa shape index (κ3) is 17.2. The minimum absolute atomic E-state index is 0.0954. The van der Waals surface area contributed by atoms with Crippen LogP contribution < -0.4 is 0 Å². The second-order valence-electron chi connectivity index (χ2n) is 9.49. The number of phosphoric ester groups is 1.